The Labute approximate surface area is 125 Å². The predicted octanol–water partition coefficient (Wildman–Crippen LogP) is 2.89. The van der Waals surface area contributed by atoms with Crippen molar-refractivity contribution in [3.05, 3.63) is 40.6 Å². The number of hydrogen-bond donors (Lipinski definition) is 2. The average molecular weight is 289 g/mol. The molecule has 1 aliphatic rings. The summed E-state index contributed by atoms with van der Waals surface area (Å²) in [6.45, 7) is 5.90. The van der Waals surface area contributed by atoms with Gasteiger partial charge in [0, 0.05) is 7.11 Å². The minimum atomic E-state index is -0.315. The third kappa shape index (κ3) is 3.27. The predicted molar refractivity (Wildman–Crippen MR) is 83.1 cm³/mol. The highest BCUT2D eigenvalue weighted by atomic mass is 16.5. The van der Waals surface area contributed by atoms with Crippen LogP contribution in [0.25, 0.3) is 5.57 Å². The van der Waals surface area contributed by atoms with E-state index in [-0.39, 0.29) is 23.8 Å². The number of aliphatic hydroxyl groups excluding tert-OH is 1. The van der Waals surface area contributed by atoms with E-state index in [1.807, 2.05) is 39.0 Å². The maximum absolute atomic E-state index is 12.2. The normalized spacial score (nSPS) is 19.8. The maximum Gasteiger partial charge on any atom is 0.255 e. The lowest BCUT2D eigenvalue weighted by Gasteiger charge is -2.14. The lowest BCUT2D eigenvalue weighted by atomic mass is 9.97. The molecule has 0 aromatic heterocycles. The molecular formula is C17H23NO3. The summed E-state index contributed by atoms with van der Waals surface area (Å²) >= 11 is 0. The summed E-state index contributed by atoms with van der Waals surface area (Å²) in [5.74, 6) is -0.0479. The summed E-state index contributed by atoms with van der Waals surface area (Å²) in [6.07, 6.45) is 1.56. The Morgan fingerprint density at radius 1 is 1.38 bits per heavy atom. The molecule has 0 fully saturated rings. The lowest BCUT2D eigenvalue weighted by molar-refractivity contribution is -0.115. The molecule has 2 atom stereocenters. The van der Waals surface area contributed by atoms with E-state index in [0.717, 1.165) is 23.1 Å². The van der Waals surface area contributed by atoms with Gasteiger partial charge in [-0.1, -0.05) is 23.8 Å². The molecule has 4 nitrogen and oxygen atoms in total. The molecule has 4 heteroatoms. The van der Waals surface area contributed by atoms with Gasteiger partial charge in [-0.15, -0.1) is 0 Å². The van der Waals surface area contributed by atoms with E-state index >= 15 is 0 Å². The van der Waals surface area contributed by atoms with E-state index < -0.39 is 0 Å². The van der Waals surface area contributed by atoms with Crippen LogP contribution in [-0.4, -0.2) is 30.3 Å². The smallest absolute Gasteiger partial charge is 0.255 e. The van der Waals surface area contributed by atoms with E-state index in [9.17, 15) is 9.90 Å². The van der Waals surface area contributed by atoms with E-state index in [1.54, 1.807) is 7.11 Å². The van der Waals surface area contributed by atoms with Crippen molar-refractivity contribution in [3.8, 4) is 0 Å². The highest BCUT2D eigenvalue weighted by molar-refractivity contribution is 6.23. The Hall–Kier alpha value is -1.81. The van der Waals surface area contributed by atoms with E-state index in [1.165, 1.54) is 0 Å². The third-order valence-electron chi connectivity index (χ3n) is 4.05. The van der Waals surface area contributed by atoms with Crippen LogP contribution >= 0.6 is 0 Å². The molecule has 1 aliphatic heterocycles. The Bertz CT molecular complexity index is 577. The van der Waals surface area contributed by atoms with Crippen LogP contribution in [0.2, 0.25) is 0 Å². The molecule has 0 aliphatic carbocycles. The van der Waals surface area contributed by atoms with Crippen molar-refractivity contribution in [2.75, 3.05) is 7.11 Å². The first kappa shape index (κ1) is 15.6. The standard InChI is InChI=1S/C17H23NO3/c1-10-5-6-11(2)13(9-10)15-16(19)14(18-17(15)20)8-7-12(3)21-4/h5-6,9,12,14,19H,7-8H2,1-4H3,(H,18,20)/t12-,14+/m0/s1. The molecule has 2 rings (SSSR count). The van der Waals surface area contributed by atoms with Crippen LogP contribution in [-0.2, 0) is 9.53 Å². The van der Waals surface area contributed by atoms with Crippen LogP contribution in [0.3, 0.4) is 0 Å². The number of carbonyl (C=O) groups is 1. The van der Waals surface area contributed by atoms with Gasteiger partial charge >= 0.3 is 0 Å². The summed E-state index contributed by atoms with van der Waals surface area (Å²) in [5.41, 5.74) is 3.28. The zero-order valence-electron chi connectivity index (χ0n) is 13.1. The molecule has 0 radical (unpaired) electrons. The number of aryl methyl sites for hydroxylation is 2. The number of carbonyl (C=O) groups excluding carboxylic acids is 1. The zero-order valence-corrected chi connectivity index (χ0v) is 13.1. The number of hydrogen-bond acceptors (Lipinski definition) is 3. The van der Waals surface area contributed by atoms with Crippen LogP contribution < -0.4 is 5.32 Å². The monoisotopic (exact) mass is 289 g/mol. The molecular weight excluding hydrogens is 266 g/mol. The van der Waals surface area contributed by atoms with Crippen LogP contribution in [0.5, 0.6) is 0 Å². The van der Waals surface area contributed by atoms with Crippen LogP contribution in [0, 0.1) is 13.8 Å². The van der Waals surface area contributed by atoms with Gasteiger partial charge < -0.3 is 15.2 Å². The maximum atomic E-state index is 12.2. The van der Waals surface area contributed by atoms with Gasteiger partial charge in [0.2, 0.25) is 0 Å². The summed E-state index contributed by atoms with van der Waals surface area (Å²) < 4.78 is 5.21. The summed E-state index contributed by atoms with van der Waals surface area (Å²) in [7, 11) is 1.66. The third-order valence-corrected chi connectivity index (χ3v) is 4.05. The second-order valence-corrected chi connectivity index (χ2v) is 5.73. The lowest BCUT2D eigenvalue weighted by Crippen LogP contribution is -2.29. The van der Waals surface area contributed by atoms with Crippen LogP contribution in [0.15, 0.2) is 24.0 Å². The van der Waals surface area contributed by atoms with Crippen LogP contribution in [0.1, 0.15) is 36.5 Å². The number of benzene rings is 1. The molecule has 1 heterocycles. The van der Waals surface area contributed by atoms with Crippen molar-refractivity contribution in [1.29, 1.82) is 0 Å². The van der Waals surface area contributed by atoms with Crippen LogP contribution in [0.4, 0.5) is 0 Å². The molecule has 0 unspecified atom stereocenters. The largest absolute Gasteiger partial charge is 0.509 e. The Morgan fingerprint density at radius 2 is 2.10 bits per heavy atom. The van der Waals surface area contributed by atoms with Gasteiger partial charge in [0.1, 0.15) is 5.76 Å². The van der Waals surface area contributed by atoms with Crippen molar-refractivity contribution in [2.24, 2.45) is 0 Å². The fourth-order valence-electron chi connectivity index (χ4n) is 2.58. The first-order valence-electron chi connectivity index (χ1n) is 7.28. The number of rotatable bonds is 5. The van der Waals surface area contributed by atoms with Gasteiger partial charge in [-0.25, -0.2) is 0 Å². The van der Waals surface area contributed by atoms with Crippen molar-refractivity contribution < 1.29 is 14.6 Å². The van der Waals surface area contributed by atoms with Gasteiger partial charge in [-0.05, 0) is 44.7 Å². The SMILES string of the molecule is CO[C@@H](C)CC[C@H]1NC(=O)C(c2cc(C)ccc2C)=C1O. The first-order valence-corrected chi connectivity index (χ1v) is 7.28. The quantitative estimate of drug-likeness (QED) is 0.876. The fraction of sp³-hybridized carbons (Fsp3) is 0.471. The van der Waals surface area contributed by atoms with Crippen molar-refractivity contribution in [1.82, 2.24) is 5.32 Å². The van der Waals surface area contributed by atoms with Gasteiger partial charge in [-0.2, -0.15) is 0 Å². The number of amides is 1. The number of aliphatic hydroxyl groups is 1. The fourth-order valence-corrected chi connectivity index (χ4v) is 2.58. The first-order chi connectivity index (χ1) is 9.93. The van der Waals surface area contributed by atoms with Gasteiger partial charge in [-0.3, -0.25) is 4.79 Å². The van der Waals surface area contributed by atoms with Gasteiger partial charge in [0.15, 0.2) is 0 Å². The highest BCUT2D eigenvalue weighted by Gasteiger charge is 2.33. The molecule has 1 aromatic rings. The summed E-state index contributed by atoms with van der Waals surface area (Å²) in [4.78, 5) is 12.2. The molecule has 114 valence electrons. The molecule has 21 heavy (non-hydrogen) atoms. The molecule has 1 amide bonds. The molecule has 1 aromatic carbocycles. The minimum absolute atomic E-state index is 0.111. The molecule has 0 bridgehead atoms. The molecule has 0 spiro atoms. The van der Waals surface area contributed by atoms with E-state index in [0.29, 0.717) is 12.0 Å². The summed E-state index contributed by atoms with van der Waals surface area (Å²) in [6, 6.07) is 5.60. The van der Waals surface area contributed by atoms with Gasteiger partial charge in [0.05, 0.1) is 17.7 Å². The van der Waals surface area contributed by atoms with Crippen molar-refractivity contribution in [3.63, 3.8) is 0 Å². The van der Waals surface area contributed by atoms with E-state index in [4.69, 9.17) is 4.74 Å². The molecule has 2 N–H and O–H groups in total. The average Bonchev–Trinajstić information content (AvgIpc) is 2.73. The molecule has 0 saturated carbocycles. The zero-order chi connectivity index (χ0) is 15.6. The highest BCUT2D eigenvalue weighted by Crippen LogP contribution is 2.30. The molecule has 0 saturated heterocycles. The minimum Gasteiger partial charge on any atom is -0.509 e. The Kier molecular flexibility index (Phi) is 4.68. The Morgan fingerprint density at radius 3 is 2.76 bits per heavy atom. The number of methoxy groups -OCH3 is 1. The second kappa shape index (κ2) is 6.31. The number of nitrogens with one attached hydrogen (secondary N) is 1. The number of ether oxygens (including phenoxy) is 1. The van der Waals surface area contributed by atoms with Gasteiger partial charge in [0.25, 0.3) is 5.91 Å². The van der Waals surface area contributed by atoms with E-state index in [2.05, 4.69) is 5.32 Å². The van der Waals surface area contributed by atoms with Crippen molar-refractivity contribution in [2.45, 2.75) is 45.8 Å². The summed E-state index contributed by atoms with van der Waals surface area (Å²) in [5, 5.41) is 13.3. The Balaban J connectivity index is 2.27. The van der Waals surface area contributed by atoms with Crippen molar-refractivity contribution >= 4 is 11.5 Å². The second-order valence-electron chi connectivity index (χ2n) is 5.73. The topological polar surface area (TPSA) is 58.6 Å².